The molecule has 624 valence electrons. The molecular weight excluding hydrogens is 1370 g/mol. The van der Waals surface area contributed by atoms with Crippen molar-refractivity contribution in [3.05, 3.63) is 0 Å². The van der Waals surface area contributed by atoms with Crippen LogP contribution in [0.3, 0.4) is 0 Å². The number of carbonyl (C=O) groups excluding carboxylic acids is 4. The second-order valence-electron chi connectivity index (χ2n) is 29.8. The van der Waals surface area contributed by atoms with E-state index in [1.807, 2.05) is 0 Å². The van der Waals surface area contributed by atoms with E-state index in [9.17, 15) is 42.9 Å². The highest BCUT2D eigenvalue weighted by molar-refractivity contribution is 7.47. The number of hydrogen-bond donors (Lipinski definition) is 5. The van der Waals surface area contributed by atoms with Gasteiger partial charge in [-0.1, -0.05) is 387 Å². The van der Waals surface area contributed by atoms with E-state index in [0.717, 1.165) is 70.6 Å². The Balaban J connectivity index is 0. The minimum atomic E-state index is -4.71. The number of ether oxygens (including phenoxy) is 4. The predicted molar refractivity (Wildman–Crippen MR) is 428 cm³/mol. The summed E-state index contributed by atoms with van der Waals surface area (Å²) in [6.45, 7) is 6.60. The van der Waals surface area contributed by atoms with E-state index in [1.165, 1.54) is 295 Å². The predicted octanol–water partition coefficient (Wildman–Crippen LogP) is 23.6. The molecule has 7 N–H and O–H groups in total. The quantitative estimate of drug-likeness (QED) is 0.0163. The second kappa shape index (κ2) is 81.0. The minimum Gasteiger partial charge on any atom is -0.480 e. The molecule has 105 heavy (non-hydrogen) atoms. The van der Waals surface area contributed by atoms with Crippen LogP contribution in [0.25, 0.3) is 0 Å². The Hall–Kier alpha value is -2.51. The molecule has 22 heteroatoms. The third kappa shape index (κ3) is 82.3. The number of carbonyl (C=O) groups is 5. The summed E-state index contributed by atoms with van der Waals surface area (Å²) in [5.74, 6) is -3.17. The van der Waals surface area contributed by atoms with Crippen LogP contribution >= 0.6 is 15.6 Å². The van der Waals surface area contributed by atoms with Gasteiger partial charge in [0.25, 0.3) is 0 Å². The molecule has 0 fully saturated rings. The first-order chi connectivity index (χ1) is 50.9. The molecule has 0 aliphatic carbocycles. The number of aliphatic carboxylic acids is 1. The third-order valence-corrected chi connectivity index (χ3v) is 21.3. The van der Waals surface area contributed by atoms with Gasteiger partial charge in [-0.3, -0.25) is 42.1 Å². The van der Waals surface area contributed by atoms with Crippen molar-refractivity contribution in [3.63, 3.8) is 0 Å². The van der Waals surface area contributed by atoms with E-state index in [1.54, 1.807) is 0 Å². The van der Waals surface area contributed by atoms with Crippen molar-refractivity contribution in [2.75, 3.05) is 46.2 Å². The Morgan fingerprint density at radius 1 is 0.286 bits per heavy atom. The average Bonchev–Trinajstić information content (AvgIpc) is 0.913. The summed E-state index contributed by atoms with van der Waals surface area (Å²) >= 11 is 0. The van der Waals surface area contributed by atoms with Crippen LogP contribution in [0.2, 0.25) is 0 Å². The van der Waals surface area contributed by atoms with Gasteiger partial charge in [-0.15, -0.1) is 0 Å². The number of phosphoric acid groups is 2. The number of esters is 4. The molecular formula is C83H164N2O18P2. The van der Waals surface area contributed by atoms with Crippen molar-refractivity contribution in [2.45, 2.75) is 457 Å². The van der Waals surface area contributed by atoms with Crippen LogP contribution in [-0.4, -0.2) is 109 Å². The van der Waals surface area contributed by atoms with Crippen LogP contribution in [0, 0.1) is 0 Å². The summed E-state index contributed by atoms with van der Waals surface area (Å²) in [5.41, 5.74) is 10.7. The van der Waals surface area contributed by atoms with Gasteiger partial charge in [0.15, 0.2) is 12.2 Å². The molecule has 20 nitrogen and oxygen atoms in total. The molecule has 0 aromatic carbocycles. The Kier molecular flexibility index (Phi) is 80.6. The molecule has 0 heterocycles. The smallest absolute Gasteiger partial charge is 0.472 e. The number of carboxylic acids is 1. The molecule has 0 saturated carbocycles. The maximum absolute atomic E-state index is 12.6. The van der Waals surface area contributed by atoms with E-state index in [-0.39, 0.29) is 58.0 Å². The first kappa shape index (κ1) is 105. The fourth-order valence-corrected chi connectivity index (χ4v) is 14.2. The molecule has 0 amide bonds. The summed E-state index contributed by atoms with van der Waals surface area (Å²) in [4.78, 5) is 80.7. The number of phosphoric ester groups is 2. The van der Waals surface area contributed by atoms with E-state index < -0.39 is 77.6 Å². The van der Waals surface area contributed by atoms with Crippen molar-refractivity contribution in [1.82, 2.24) is 0 Å². The van der Waals surface area contributed by atoms with Crippen LogP contribution in [0.5, 0.6) is 0 Å². The summed E-state index contributed by atoms with van der Waals surface area (Å²) in [7, 11) is -9.07. The normalized spacial score (nSPS) is 13.5. The molecule has 2 unspecified atom stereocenters. The topological polar surface area (TPSA) is 306 Å². The third-order valence-electron chi connectivity index (χ3n) is 19.3. The van der Waals surface area contributed by atoms with Gasteiger partial charge in [-0.25, -0.2) is 9.13 Å². The molecule has 0 aromatic heterocycles. The maximum Gasteiger partial charge on any atom is 0.472 e. The van der Waals surface area contributed by atoms with Crippen molar-refractivity contribution < 1.29 is 85.0 Å². The first-order valence-electron chi connectivity index (χ1n) is 43.6. The lowest BCUT2D eigenvalue weighted by molar-refractivity contribution is -0.161. The van der Waals surface area contributed by atoms with Crippen molar-refractivity contribution in [3.8, 4) is 0 Å². The zero-order valence-electron chi connectivity index (χ0n) is 68.0. The van der Waals surface area contributed by atoms with Gasteiger partial charge >= 0.3 is 45.5 Å². The molecule has 0 bridgehead atoms. The van der Waals surface area contributed by atoms with Gasteiger partial charge in [0.1, 0.15) is 19.3 Å². The minimum absolute atomic E-state index is 0.0580. The second-order valence-corrected chi connectivity index (χ2v) is 32.7. The van der Waals surface area contributed by atoms with E-state index in [4.69, 9.17) is 49.1 Å². The monoisotopic (exact) mass is 1540 g/mol. The Labute approximate surface area is 642 Å². The standard InChI is InChI=1S/C42H82NO10P.C41H82NO8P/c1-3-5-7-9-11-13-15-17-19-21-23-25-27-29-31-33-40(44)50-35-38(36-51-54(48,49)52-37-39(43)42(46)47)53-41(45)34-32-30-28-26-24-22-20-18-16-14-12-10-8-6-4-2;1-3-5-7-9-11-13-15-17-19-21-23-25-27-29-31-33-40(43)47-37-39(38-49-51(45,46)48-36-35-42)50-41(44)34-32-30-28-26-24-22-20-18-16-14-12-10-8-6-4-2/h38-39H,3-37,43H2,1-2H3,(H,46,47)(H,48,49);39H,3-38,42H2,1-2H3,(H,45,46)/t38-,39+;39-/m11/s1. The molecule has 0 aliphatic heterocycles. The molecule has 0 aliphatic rings. The van der Waals surface area contributed by atoms with Crippen LogP contribution in [0.15, 0.2) is 0 Å². The number of hydrogen-bond acceptors (Lipinski definition) is 17. The lowest BCUT2D eigenvalue weighted by atomic mass is 10.0. The number of carboxylic acid groups (broad SMARTS) is 1. The molecule has 5 atom stereocenters. The summed E-state index contributed by atoms with van der Waals surface area (Å²) in [6.07, 6.45) is 72.8. The average molecular weight is 1540 g/mol. The van der Waals surface area contributed by atoms with Crippen molar-refractivity contribution >= 4 is 45.5 Å². The molecule has 0 radical (unpaired) electrons. The van der Waals surface area contributed by atoms with Crippen molar-refractivity contribution in [1.29, 1.82) is 0 Å². The van der Waals surface area contributed by atoms with Gasteiger partial charge in [0, 0.05) is 32.2 Å². The summed E-state index contributed by atoms with van der Waals surface area (Å²) in [6, 6.07) is -1.52. The zero-order valence-corrected chi connectivity index (χ0v) is 69.7. The number of unbranched alkanes of at least 4 members (excludes halogenated alkanes) is 56. The van der Waals surface area contributed by atoms with Crippen LogP contribution in [0.4, 0.5) is 0 Å². The molecule has 0 saturated heterocycles. The molecule has 0 spiro atoms. The Morgan fingerprint density at radius 2 is 0.476 bits per heavy atom. The van der Waals surface area contributed by atoms with E-state index >= 15 is 0 Å². The van der Waals surface area contributed by atoms with Crippen LogP contribution in [0.1, 0.15) is 439 Å². The highest BCUT2D eigenvalue weighted by Gasteiger charge is 2.29. The number of nitrogens with two attached hydrogens (primary N) is 2. The zero-order chi connectivity index (χ0) is 77.5. The van der Waals surface area contributed by atoms with Gasteiger partial charge in [-0.05, 0) is 25.7 Å². The molecule has 0 aromatic rings. The molecule has 0 rings (SSSR count). The van der Waals surface area contributed by atoms with E-state index in [0.29, 0.717) is 19.3 Å². The largest absolute Gasteiger partial charge is 0.480 e. The van der Waals surface area contributed by atoms with Crippen molar-refractivity contribution in [2.24, 2.45) is 11.5 Å². The fourth-order valence-electron chi connectivity index (χ4n) is 12.6. The summed E-state index contributed by atoms with van der Waals surface area (Å²) < 4.78 is 65.5. The van der Waals surface area contributed by atoms with Crippen LogP contribution < -0.4 is 11.5 Å². The van der Waals surface area contributed by atoms with Gasteiger partial charge in [0.05, 0.1) is 26.4 Å². The number of rotatable bonds is 83. The lowest BCUT2D eigenvalue weighted by Crippen LogP contribution is -2.34. The highest BCUT2D eigenvalue weighted by Crippen LogP contribution is 2.44. The van der Waals surface area contributed by atoms with Gasteiger partial charge < -0.3 is 45.3 Å². The highest BCUT2D eigenvalue weighted by atomic mass is 31.2. The van der Waals surface area contributed by atoms with Gasteiger partial charge in [-0.2, -0.15) is 0 Å². The Bertz CT molecular complexity index is 2030. The Morgan fingerprint density at radius 3 is 0.686 bits per heavy atom. The van der Waals surface area contributed by atoms with Crippen LogP contribution in [-0.2, 0) is 70.1 Å². The summed E-state index contributed by atoms with van der Waals surface area (Å²) in [5, 5.41) is 8.88. The lowest BCUT2D eigenvalue weighted by Gasteiger charge is -2.20. The fraction of sp³-hybridized carbons (Fsp3) is 0.940. The van der Waals surface area contributed by atoms with Gasteiger partial charge in [0.2, 0.25) is 0 Å². The first-order valence-corrected chi connectivity index (χ1v) is 46.6. The maximum atomic E-state index is 12.6. The van der Waals surface area contributed by atoms with E-state index in [2.05, 4.69) is 32.2 Å². The SMILES string of the molecule is CCCCCCCCCCCCCCCCCC(=O)OC[C@H](COP(=O)(O)OCCN)OC(=O)CCCCCCCCCCCCCCCCC.CCCCCCCCCCCCCCCCCC(=O)OC[C@H](COP(=O)(O)OC[C@H](N)C(=O)O)OC(=O)CCCCCCCCCCCCCCCCC.